The molecule has 2 aliphatic rings. The van der Waals surface area contributed by atoms with Gasteiger partial charge in [0, 0.05) is 22.2 Å². The summed E-state index contributed by atoms with van der Waals surface area (Å²) < 4.78 is 6.01. The molecule has 1 aromatic carbocycles. The molecule has 1 aromatic rings. The Balaban J connectivity index is 2.30. The van der Waals surface area contributed by atoms with Crippen molar-refractivity contribution in [2.75, 3.05) is 6.61 Å². The van der Waals surface area contributed by atoms with Gasteiger partial charge >= 0.3 is 5.97 Å². The first-order chi connectivity index (χ1) is 13.8. The Hall–Kier alpha value is -2.92. The smallest absolute Gasteiger partial charge is 0.329 e. The molecule has 7 nitrogen and oxygen atoms in total. The van der Waals surface area contributed by atoms with Crippen LogP contribution in [0.1, 0.15) is 25.3 Å². The molecule has 0 aromatic heterocycles. The summed E-state index contributed by atoms with van der Waals surface area (Å²) in [5.74, 6) is -2.52. The predicted octanol–water partition coefficient (Wildman–Crippen LogP) is 2.19. The number of nitrogens with two attached hydrogens (primary N) is 1. The van der Waals surface area contributed by atoms with Crippen molar-refractivity contribution in [3.63, 3.8) is 0 Å². The molecule has 4 atom stereocenters. The van der Waals surface area contributed by atoms with E-state index in [-0.39, 0.29) is 12.4 Å². The van der Waals surface area contributed by atoms with Gasteiger partial charge in [0.2, 0.25) is 5.91 Å². The molecule has 1 fully saturated rings. The van der Waals surface area contributed by atoms with Crippen LogP contribution in [-0.4, -0.2) is 41.3 Å². The van der Waals surface area contributed by atoms with E-state index < -0.39 is 35.3 Å². The average Bonchev–Trinajstić information content (AvgIpc) is 2.99. The molecule has 2 N–H and O–H groups in total. The second kappa shape index (κ2) is 7.84. The van der Waals surface area contributed by atoms with Crippen LogP contribution >= 0.6 is 15.9 Å². The Morgan fingerprint density at radius 3 is 2.66 bits per heavy atom. The molecule has 2 aliphatic heterocycles. The van der Waals surface area contributed by atoms with Crippen molar-refractivity contribution < 1.29 is 19.1 Å². The summed E-state index contributed by atoms with van der Waals surface area (Å²) in [7, 11) is 0. The number of rotatable bonds is 5. The third-order valence-corrected chi connectivity index (χ3v) is 5.86. The van der Waals surface area contributed by atoms with Gasteiger partial charge in [-0.2, -0.15) is 5.26 Å². The zero-order valence-electron chi connectivity index (χ0n) is 16.0. The van der Waals surface area contributed by atoms with Crippen LogP contribution in [0.15, 0.2) is 52.7 Å². The fourth-order valence-corrected chi connectivity index (χ4v) is 4.58. The number of fused-ring (bicyclic) bond motifs is 1. The summed E-state index contributed by atoms with van der Waals surface area (Å²) in [6, 6.07) is 7.39. The van der Waals surface area contributed by atoms with E-state index in [1.807, 2.05) is 0 Å². The fraction of sp³-hybridized carbons (Fsp3) is 0.333. The van der Waals surface area contributed by atoms with Crippen molar-refractivity contribution in [2.45, 2.75) is 31.8 Å². The highest BCUT2D eigenvalue weighted by molar-refractivity contribution is 9.10. The van der Waals surface area contributed by atoms with E-state index >= 15 is 0 Å². The molecule has 0 unspecified atom stereocenters. The van der Waals surface area contributed by atoms with Gasteiger partial charge in [0.1, 0.15) is 6.04 Å². The lowest BCUT2D eigenvalue weighted by molar-refractivity contribution is -0.153. The van der Waals surface area contributed by atoms with Crippen LogP contribution in [-0.2, 0) is 19.1 Å². The highest BCUT2D eigenvalue weighted by Gasteiger charge is 2.66. The Kier molecular flexibility index (Phi) is 5.62. The number of allylic oxidation sites excluding steroid dienone is 2. The first kappa shape index (κ1) is 20.8. The number of halogens is 1. The minimum atomic E-state index is -1.72. The van der Waals surface area contributed by atoms with Gasteiger partial charge in [-0.3, -0.25) is 14.4 Å². The summed E-state index contributed by atoms with van der Waals surface area (Å²) in [5, 5.41) is 10.3. The quantitative estimate of drug-likeness (QED) is 0.677. The molecule has 150 valence electrons. The highest BCUT2D eigenvalue weighted by atomic mass is 79.9. The van der Waals surface area contributed by atoms with Gasteiger partial charge in [-0.1, -0.05) is 40.2 Å². The standard InChI is InChI=1S/C21H20BrN3O4/c1-3-29-20(28)21(11-23)16-8-7-14(12(2)26)10-25(16)18(19(24)27)17(21)13-5-4-6-15(22)9-13/h4-10,16-18H,3H2,1-2H3,(H2,24,27)/t16-,17+,18-,21-/m0/s1. The topological polar surface area (TPSA) is 113 Å². The SMILES string of the molecule is CCOC(=O)[C@]1(C#N)[C@H](c2cccc(Br)c2)[C@@H](C(N)=O)N2C=C(C(C)=O)C=C[C@H]21. The van der Waals surface area contributed by atoms with Crippen molar-refractivity contribution in [1.82, 2.24) is 4.90 Å². The number of ketones is 1. The molecule has 1 amide bonds. The number of amides is 1. The van der Waals surface area contributed by atoms with Crippen LogP contribution < -0.4 is 5.73 Å². The van der Waals surface area contributed by atoms with Crippen molar-refractivity contribution in [1.29, 1.82) is 5.26 Å². The van der Waals surface area contributed by atoms with Gasteiger partial charge in [-0.25, -0.2) is 0 Å². The molecular weight excluding hydrogens is 438 g/mol. The second-order valence-corrected chi connectivity index (χ2v) is 7.89. The predicted molar refractivity (Wildman–Crippen MR) is 108 cm³/mol. The summed E-state index contributed by atoms with van der Waals surface area (Å²) in [6.45, 7) is 3.14. The molecule has 0 aliphatic carbocycles. The van der Waals surface area contributed by atoms with Crippen LogP contribution in [0, 0.1) is 16.7 Å². The van der Waals surface area contributed by atoms with Gasteiger partial charge in [-0.05, 0) is 31.5 Å². The lowest BCUT2D eigenvalue weighted by Crippen LogP contribution is -2.45. The van der Waals surface area contributed by atoms with Crippen molar-refractivity contribution >= 4 is 33.6 Å². The summed E-state index contributed by atoms with van der Waals surface area (Å²) >= 11 is 3.40. The summed E-state index contributed by atoms with van der Waals surface area (Å²) in [6.07, 6.45) is 4.67. The van der Waals surface area contributed by atoms with E-state index in [2.05, 4.69) is 22.0 Å². The lowest BCUT2D eigenvalue weighted by atomic mass is 9.68. The zero-order valence-corrected chi connectivity index (χ0v) is 17.5. The maximum Gasteiger partial charge on any atom is 0.329 e. The molecule has 1 saturated heterocycles. The fourth-order valence-electron chi connectivity index (χ4n) is 4.17. The Morgan fingerprint density at radius 2 is 2.10 bits per heavy atom. The molecule has 2 heterocycles. The minimum absolute atomic E-state index is 0.0830. The monoisotopic (exact) mass is 457 g/mol. The number of esters is 1. The summed E-state index contributed by atoms with van der Waals surface area (Å²) in [5.41, 5.74) is 4.99. The maximum atomic E-state index is 13.1. The van der Waals surface area contributed by atoms with Crippen molar-refractivity contribution in [2.24, 2.45) is 11.1 Å². The molecule has 0 saturated carbocycles. The summed E-state index contributed by atoms with van der Waals surface area (Å²) in [4.78, 5) is 39.2. The number of hydrogen-bond acceptors (Lipinski definition) is 6. The molecule has 29 heavy (non-hydrogen) atoms. The van der Waals surface area contributed by atoms with E-state index in [9.17, 15) is 19.6 Å². The van der Waals surface area contributed by atoms with Gasteiger partial charge in [0.05, 0.1) is 18.7 Å². The number of ether oxygens (including phenoxy) is 1. The maximum absolute atomic E-state index is 13.1. The highest BCUT2D eigenvalue weighted by Crippen LogP contribution is 2.53. The van der Waals surface area contributed by atoms with E-state index in [0.717, 1.165) is 4.47 Å². The lowest BCUT2D eigenvalue weighted by Gasteiger charge is -2.32. The minimum Gasteiger partial charge on any atom is -0.465 e. The van der Waals surface area contributed by atoms with Gasteiger partial charge in [0.25, 0.3) is 0 Å². The number of nitriles is 1. The Morgan fingerprint density at radius 1 is 1.38 bits per heavy atom. The first-order valence-corrected chi connectivity index (χ1v) is 9.88. The Bertz CT molecular complexity index is 980. The van der Waals surface area contributed by atoms with Crippen LogP contribution in [0.25, 0.3) is 0 Å². The van der Waals surface area contributed by atoms with Crippen LogP contribution in [0.3, 0.4) is 0 Å². The number of carbonyl (C=O) groups excluding carboxylic acids is 3. The number of Topliss-reactive ketones (excluding diaryl/α,β-unsaturated/α-hetero) is 1. The number of primary amides is 1. The largest absolute Gasteiger partial charge is 0.465 e. The molecule has 0 radical (unpaired) electrons. The molecular formula is C21H20BrN3O4. The third-order valence-electron chi connectivity index (χ3n) is 5.37. The zero-order chi connectivity index (χ0) is 21.3. The van der Waals surface area contributed by atoms with Crippen LogP contribution in [0.5, 0.6) is 0 Å². The number of nitrogens with zero attached hydrogens (tertiary/aromatic N) is 2. The van der Waals surface area contributed by atoms with Gasteiger partial charge in [-0.15, -0.1) is 0 Å². The average molecular weight is 458 g/mol. The molecule has 0 bridgehead atoms. The van der Waals surface area contributed by atoms with Crippen LogP contribution in [0.2, 0.25) is 0 Å². The molecule has 8 heteroatoms. The van der Waals surface area contributed by atoms with Crippen molar-refractivity contribution in [3.05, 3.63) is 58.2 Å². The van der Waals surface area contributed by atoms with E-state index in [4.69, 9.17) is 10.5 Å². The molecule has 0 spiro atoms. The first-order valence-electron chi connectivity index (χ1n) is 9.09. The van der Waals surface area contributed by atoms with E-state index in [1.54, 1.807) is 48.2 Å². The van der Waals surface area contributed by atoms with Gasteiger partial charge in [0.15, 0.2) is 11.2 Å². The van der Waals surface area contributed by atoms with Crippen LogP contribution in [0.4, 0.5) is 0 Å². The van der Waals surface area contributed by atoms with Gasteiger partial charge < -0.3 is 15.4 Å². The number of hydrogen-bond donors (Lipinski definition) is 1. The number of benzene rings is 1. The third kappa shape index (κ3) is 3.25. The van der Waals surface area contributed by atoms with E-state index in [1.165, 1.54) is 13.1 Å². The Labute approximate surface area is 176 Å². The number of carbonyl (C=O) groups is 3. The normalized spacial score (nSPS) is 27.6. The van der Waals surface area contributed by atoms with Crippen molar-refractivity contribution in [3.8, 4) is 6.07 Å². The molecule has 3 rings (SSSR count). The second-order valence-electron chi connectivity index (χ2n) is 6.97. The van der Waals surface area contributed by atoms with E-state index in [0.29, 0.717) is 11.1 Å².